The van der Waals surface area contributed by atoms with Gasteiger partial charge in [-0.15, -0.1) is 0 Å². The van der Waals surface area contributed by atoms with Crippen molar-refractivity contribution in [2.75, 3.05) is 37.0 Å². The number of nitro benzene ring substituents is 2. The molecule has 0 amide bonds. The molecule has 1 heterocycles. The lowest BCUT2D eigenvalue weighted by Crippen LogP contribution is -2.50. The number of hydrogen-bond acceptors (Lipinski definition) is 8. The zero-order valence-corrected chi connectivity index (χ0v) is 13.9. The summed E-state index contributed by atoms with van der Waals surface area (Å²) in [6, 6.07) is 12.6. The van der Waals surface area contributed by atoms with Crippen molar-refractivity contribution in [1.82, 2.24) is 10.0 Å². The lowest BCUT2D eigenvalue weighted by Gasteiger charge is -2.35. The first-order valence-electron chi connectivity index (χ1n) is 8.03. The van der Waals surface area contributed by atoms with E-state index in [1.54, 1.807) is 24.3 Å². The van der Waals surface area contributed by atoms with Crippen LogP contribution in [0.15, 0.2) is 48.5 Å². The molecule has 1 aliphatic rings. The van der Waals surface area contributed by atoms with Gasteiger partial charge in [0.2, 0.25) is 0 Å². The molecule has 0 aliphatic carbocycles. The van der Waals surface area contributed by atoms with Gasteiger partial charge in [0.25, 0.3) is 11.4 Å². The highest BCUT2D eigenvalue weighted by Gasteiger charge is 2.17. The molecular formula is C16H18N6O4. The predicted octanol–water partition coefficient (Wildman–Crippen LogP) is 2.47. The summed E-state index contributed by atoms with van der Waals surface area (Å²) in [5, 5.41) is 25.4. The molecular weight excluding hydrogens is 340 g/mol. The number of non-ortho nitro benzene ring substituents is 2. The summed E-state index contributed by atoms with van der Waals surface area (Å²) in [6.45, 7) is 2.99. The molecule has 0 spiro atoms. The Hall–Kier alpha value is -3.24. The molecule has 0 radical (unpaired) electrons. The molecule has 0 aromatic heterocycles. The molecule has 1 aliphatic heterocycles. The third-order valence-corrected chi connectivity index (χ3v) is 4.01. The van der Waals surface area contributed by atoms with Crippen LogP contribution >= 0.6 is 0 Å². The van der Waals surface area contributed by atoms with E-state index < -0.39 is 9.85 Å². The van der Waals surface area contributed by atoms with Crippen LogP contribution in [0, 0.1) is 20.2 Å². The molecule has 0 saturated carbocycles. The van der Waals surface area contributed by atoms with Crippen LogP contribution in [-0.2, 0) is 0 Å². The zero-order chi connectivity index (χ0) is 18.5. The number of rotatable bonds is 6. The van der Waals surface area contributed by atoms with Gasteiger partial charge in [-0.1, -0.05) is 0 Å². The molecule has 2 N–H and O–H groups in total. The molecule has 10 heteroatoms. The Bertz CT molecular complexity index is 705. The Morgan fingerprint density at radius 3 is 1.23 bits per heavy atom. The topological polar surface area (TPSA) is 117 Å². The van der Waals surface area contributed by atoms with Crippen LogP contribution in [-0.4, -0.2) is 46.0 Å². The van der Waals surface area contributed by atoms with Crippen LogP contribution < -0.4 is 10.9 Å². The van der Waals surface area contributed by atoms with E-state index in [1.165, 1.54) is 24.3 Å². The largest absolute Gasteiger partial charge is 0.319 e. The Morgan fingerprint density at radius 1 is 0.654 bits per heavy atom. The van der Waals surface area contributed by atoms with E-state index in [-0.39, 0.29) is 11.4 Å². The van der Waals surface area contributed by atoms with E-state index in [0.717, 1.165) is 37.6 Å². The number of nitrogens with zero attached hydrogens (tertiary/aromatic N) is 4. The van der Waals surface area contributed by atoms with Crippen molar-refractivity contribution in [3.8, 4) is 0 Å². The molecule has 0 atom stereocenters. The fourth-order valence-electron chi connectivity index (χ4n) is 2.61. The Morgan fingerprint density at radius 2 is 0.962 bits per heavy atom. The van der Waals surface area contributed by atoms with Crippen molar-refractivity contribution in [1.29, 1.82) is 0 Å². The Balaban J connectivity index is 1.47. The highest BCUT2D eigenvalue weighted by Crippen LogP contribution is 2.18. The van der Waals surface area contributed by atoms with Crippen molar-refractivity contribution in [2.24, 2.45) is 0 Å². The molecule has 0 bridgehead atoms. The van der Waals surface area contributed by atoms with E-state index in [1.807, 2.05) is 10.0 Å². The second-order valence-corrected chi connectivity index (χ2v) is 5.81. The van der Waals surface area contributed by atoms with Crippen LogP contribution in [0.25, 0.3) is 0 Å². The van der Waals surface area contributed by atoms with Crippen LogP contribution in [0.4, 0.5) is 22.7 Å². The maximum absolute atomic E-state index is 10.7. The second-order valence-electron chi connectivity index (χ2n) is 5.81. The third kappa shape index (κ3) is 4.43. The predicted molar refractivity (Wildman–Crippen MR) is 96.6 cm³/mol. The summed E-state index contributed by atoms with van der Waals surface area (Å²) in [5.41, 5.74) is 8.19. The van der Waals surface area contributed by atoms with Gasteiger partial charge in [-0.05, 0) is 24.3 Å². The van der Waals surface area contributed by atoms with Gasteiger partial charge in [0.15, 0.2) is 0 Å². The van der Waals surface area contributed by atoms with Gasteiger partial charge in [-0.2, -0.15) is 0 Å². The lowest BCUT2D eigenvalue weighted by molar-refractivity contribution is -0.385. The Kier molecular flexibility index (Phi) is 5.25. The SMILES string of the molecule is O=[N+]([O-])c1ccc(NN2CCN(Nc3ccc([N+](=O)[O-])cc3)CC2)cc1. The van der Waals surface area contributed by atoms with Crippen molar-refractivity contribution in [3.05, 3.63) is 68.8 Å². The lowest BCUT2D eigenvalue weighted by atomic mass is 10.3. The number of hydrazine groups is 2. The molecule has 1 saturated heterocycles. The molecule has 2 aromatic carbocycles. The third-order valence-electron chi connectivity index (χ3n) is 4.01. The number of hydrogen-bond donors (Lipinski definition) is 2. The molecule has 3 rings (SSSR count). The molecule has 1 fully saturated rings. The van der Waals surface area contributed by atoms with E-state index >= 15 is 0 Å². The summed E-state index contributed by atoms with van der Waals surface area (Å²) in [4.78, 5) is 20.5. The first kappa shape index (κ1) is 17.6. The summed E-state index contributed by atoms with van der Waals surface area (Å²) in [6.07, 6.45) is 0. The normalized spacial score (nSPS) is 15.4. The van der Waals surface area contributed by atoms with E-state index in [9.17, 15) is 20.2 Å². The van der Waals surface area contributed by atoms with Gasteiger partial charge in [0, 0.05) is 61.8 Å². The van der Waals surface area contributed by atoms with Crippen LogP contribution in [0.2, 0.25) is 0 Å². The zero-order valence-electron chi connectivity index (χ0n) is 13.9. The fraction of sp³-hybridized carbons (Fsp3) is 0.250. The quantitative estimate of drug-likeness (QED) is 0.597. The Labute approximate surface area is 149 Å². The summed E-state index contributed by atoms with van der Waals surface area (Å²) < 4.78 is 0. The minimum absolute atomic E-state index is 0.0627. The van der Waals surface area contributed by atoms with Crippen molar-refractivity contribution < 1.29 is 9.85 Å². The number of benzene rings is 2. The number of nitrogens with one attached hydrogen (secondary N) is 2. The number of piperazine rings is 1. The summed E-state index contributed by atoms with van der Waals surface area (Å²) in [5.74, 6) is 0. The summed E-state index contributed by atoms with van der Waals surface area (Å²) in [7, 11) is 0. The first-order chi connectivity index (χ1) is 12.5. The van der Waals surface area contributed by atoms with E-state index in [0.29, 0.717) is 0 Å². The summed E-state index contributed by atoms with van der Waals surface area (Å²) >= 11 is 0. The van der Waals surface area contributed by atoms with E-state index in [2.05, 4.69) is 10.9 Å². The van der Waals surface area contributed by atoms with Crippen LogP contribution in [0.5, 0.6) is 0 Å². The van der Waals surface area contributed by atoms with Gasteiger partial charge in [-0.25, -0.2) is 10.0 Å². The van der Waals surface area contributed by atoms with Crippen LogP contribution in [0.1, 0.15) is 0 Å². The standard InChI is InChI=1S/C16H18N6O4/c23-21(24)15-5-1-13(2-6-15)17-19-9-11-20(12-10-19)18-14-3-7-16(8-4-14)22(25)26/h1-8,17-18H,9-12H2. The maximum atomic E-state index is 10.7. The average molecular weight is 358 g/mol. The number of nitro groups is 2. The second kappa shape index (κ2) is 7.76. The smallest absolute Gasteiger partial charge is 0.269 e. The van der Waals surface area contributed by atoms with Gasteiger partial charge in [-0.3, -0.25) is 20.2 Å². The fourth-order valence-corrected chi connectivity index (χ4v) is 2.61. The average Bonchev–Trinajstić information content (AvgIpc) is 2.64. The number of anilines is 2. The van der Waals surface area contributed by atoms with Crippen molar-refractivity contribution >= 4 is 22.7 Å². The molecule has 2 aromatic rings. The van der Waals surface area contributed by atoms with Gasteiger partial charge < -0.3 is 10.9 Å². The van der Waals surface area contributed by atoms with Gasteiger partial charge in [0.1, 0.15) is 0 Å². The van der Waals surface area contributed by atoms with Crippen molar-refractivity contribution in [3.63, 3.8) is 0 Å². The molecule has 136 valence electrons. The highest BCUT2D eigenvalue weighted by atomic mass is 16.6. The minimum atomic E-state index is -0.424. The minimum Gasteiger partial charge on any atom is -0.319 e. The molecule has 0 unspecified atom stereocenters. The monoisotopic (exact) mass is 358 g/mol. The molecule has 26 heavy (non-hydrogen) atoms. The maximum Gasteiger partial charge on any atom is 0.269 e. The van der Waals surface area contributed by atoms with Crippen molar-refractivity contribution in [2.45, 2.75) is 0 Å². The highest BCUT2D eigenvalue weighted by molar-refractivity contribution is 5.48. The van der Waals surface area contributed by atoms with Crippen LogP contribution in [0.3, 0.4) is 0 Å². The van der Waals surface area contributed by atoms with Gasteiger partial charge >= 0.3 is 0 Å². The van der Waals surface area contributed by atoms with E-state index in [4.69, 9.17) is 0 Å². The van der Waals surface area contributed by atoms with Gasteiger partial charge in [0.05, 0.1) is 9.85 Å². The molecule has 10 nitrogen and oxygen atoms in total. The first-order valence-corrected chi connectivity index (χ1v) is 8.03.